The van der Waals surface area contributed by atoms with E-state index in [0.29, 0.717) is 24.4 Å². The van der Waals surface area contributed by atoms with Gasteiger partial charge in [0.2, 0.25) is 0 Å². The summed E-state index contributed by atoms with van der Waals surface area (Å²) in [5.74, 6) is 0.0165. The highest BCUT2D eigenvalue weighted by atomic mass is 19.1. The lowest BCUT2D eigenvalue weighted by molar-refractivity contribution is 0.321. The van der Waals surface area contributed by atoms with Gasteiger partial charge in [0.1, 0.15) is 0 Å². The molecule has 0 saturated carbocycles. The molecule has 0 aromatic heterocycles. The Morgan fingerprint density at radius 1 is 1.38 bits per heavy atom. The summed E-state index contributed by atoms with van der Waals surface area (Å²) in [6, 6.07) is 5.98. The van der Waals surface area contributed by atoms with Crippen molar-refractivity contribution in [3.05, 3.63) is 24.0 Å². The van der Waals surface area contributed by atoms with Crippen LogP contribution in [-0.4, -0.2) is 25.2 Å². The van der Waals surface area contributed by atoms with Crippen molar-refractivity contribution < 1.29 is 9.13 Å². The second kappa shape index (κ2) is 8.23. The topological polar surface area (TPSA) is 33.3 Å². The molecule has 21 heavy (non-hydrogen) atoms. The van der Waals surface area contributed by atoms with E-state index in [0.717, 1.165) is 18.7 Å². The van der Waals surface area contributed by atoms with Crippen LogP contribution in [0.4, 0.5) is 10.1 Å². The Morgan fingerprint density at radius 3 is 3.00 bits per heavy atom. The molecule has 0 amide bonds. The van der Waals surface area contributed by atoms with Gasteiger partial charge in [0.25, 0.3) is 0 Å². The zero-order chi connectivity index (χ0) is 15.1. The Labute approximate surface area is 127 Å². The second-order valence-electron chi connectivity index (χ2n) is 5.86. The number of hydrogen-bond acceptors (Lipinski definition) is 3. The van der Waals surface area contributed by atoms with Crippen LogP contribution in [0.5, 0.6) is 5.75 Å². The lowest BCUT2D eigenvalue weighted by Gasteiger charge is -2.22. The maximum Gasteiger partial charge on any atom is 0.167 e. The Kier molecular flexibility index (Phi) is 6.30. The van der Waals surface area contributed by atoms with Gasteiger partial charge in [-0.3, -0.25) is 0 Å². The number of nitrogens with one attached hydrogen (secondary N) is 2. The molecule has 1 aromatic carbocycles. The van der Waals surface area contributed by atoms with E-state index in [1.165, 1.54) is 31.7 Å². The van der Waals surface area contributed by atoms with E-state index in [1.54, 1.807) is 6.07 Å². The molecule has 1 aromatic rings. The maximum absolute atomic E-state index is 13.8. The summed E-state index contributed by atoms with van der Waals surface area (Å²) in [6.45, 7) is 5.61. The van der Waals surface area contributed by atoms with Crippen molar-refractivity contribution in [1.29, 1.82) is 0 Å². The molecule has 0 bridgehead atoms. The van der Waals surface area contributed by atoms with Gasteiger partial charge < -0.3 is 15.4 Å². The van der Waals surface area contributed by atoms with Crippen LogP contribution >= 0.6 is 0 Å². The largest absolute Gasteiger partial charge is 0.491 e. The van der Waals surface area contributed by atoms with Crippen molar-refractivity contribution >= 4 is 5.69 Å². The summed E-state index contributed by atoms with van der Waals surface area (Å²) in [7, 11) is 0. The molecule has 1 fully saturated rings. The molecule has 1 saturated heterocycles. The molecule has 1 aliphatic rings. The summed E-state index contributed by atoms with van der Waals surface area (Å²) in [5.41, 5.74) is 0.817. The zero-order valence-electron chi connectivity index (χ0n) is 13.1. The van der Waals surface area contributed by atoms with E-state index in [1.807, 2.05) is 13.0 Å². The number of ether oxygens (including phenoxy) is 1. The third-order valence-electron chi connectivity index (χ3n) is 3.95. The third-order valence-corrected chi connectivity index (χ3v) is 3.95. The molecule has 1 heterocycles. The predicted octanol–water partition coefficient (Wildman–Crippen LogP) is 3.95. The summed E-state index contributed by atoms with van der Waals surface area (Å²) in [5, 5.41) is 6.99. The number of halogens is 1. The van der Waals surface area contributed by atoms with Crippen LogP contribution < -0.4 is 15.4 Å². The SMILES string of the molecule is CCOc1ccc(NC(C)CC2CCCCCN2)cc1F. The number of rotatable bonds is 6. The van der Waals surface area contributed by atoms with E-state index in [2.05, 4.69) is 17.6 Å². The first-order valence-electron chi connectivity index (χ1n) is 8.11. The molecule has 0 aliphatic carbocycles. The first-order chi connectivity index (χ1) is 10.2. The summed E-state index contributed by atoms with van der Waals surface area (Å²) >= 11 is 0. The smallest absolute Gasteiger partial charge is 0.167 e. The van der Waals surface area contributed by atoms with Gasteiger partial charge in [-0.25, -0.2) is 4.39 Å². The lowest BCUT2D eigenvalue weighted by Crippen LogP contribution is -2.33. The fourth-order valence-electron chi connectivity index (χ4n) is 2.94. The quantitative estimate of drug-likeness (QED) is 0.833. The Hall–Kier alpha value is -1.29. The number of benzene rings is 1. The van der Waals surface area contributed by atoms with Crippen molar-refractivity contribution in [3.63, 3.8) is 0 Å². The van der Waals surface area contributed by atoms with Crippen LogP contribution in [0.3, 0.4) is 0 Å². The molecule has 4 heteroatoms. The van der Waals surface area contributed by atoms with Gasteiger partial charge in [0.05, 0.1) is 6.61 Å². The van der Waals surface area contributed by atoms with Gasteiger partial charge in [-0.05, 0) is 51.8 Å². The normalized spacial score (nSPS) is 20.6. The first kappa shape index (κ1) is 16.1. The maximum atomic E-state index is 13.8. The highest BCUT2D eigenvalue weighted by Gasteiger charge is 2.15. The van der Waals surface area contributed by atoms with Crippen molar-refractivity contribution in [2.45, 2.75) is 58.0 Å². The van der Waals surface area contributed by atoms with Gasteiger partial charge in [-0.2, -0.15) is 0 Å². The minimum atomic E-state index is -0.304. The van der Waals surface area contributed by atoms with Crippen LogP contribution in [0, 0.1) is 5.82 Å². The zero-order valence-corrected chi connectivity index (χ0v) is 13.1. The highest BCUT2D eigenvalue weighted by Crippen LogP contribution is 2.22. The Balaban J connectivity index is 1.86. The third kappa shape index (κ3) is 5.20. The van der Waals surface area contributed by atoms with Crippen molar-refractivity contribution in [1.82, 2.24) is 5.32 Å². The molecule has 2 rings (SSSR count). The van der Waals surface area contributed by atoms with Crippen molar-refractivity contribution in [2.24, 2.45) is 0 Å². The van der Waals surface area contributed by atoms with Crippen LogP contribution in [-0.2, 0) is 0 Å². The van der Waals surface area contributed by atoms with Gasteiger partial charge in [0, 0.05) is 23.8 Å². The van der Waals surface area contributed by atoms with Gasteiger partial charge in [-0.15, -0.1) is 0 Å². The molecule has 118 valence electrons. The highest BCUT2D eigenvalue weighted by molar-refractivity contribution is 5.47. The molecule has 3 nitrogen and oxygen atoms in total. The van der Waals surface area contributed by atoms with Gasteiger partial charge >= 0.3 is 0 Å². The van der Waals surface area contributed by atoms with Gasteiger partial charge in [-0.1, -0.05) is 12.8 Å². The van der Waals surface area contributed by atoms with Crippen LogP contribution in [0.15, 0.2) is 18.2 Å². The summed E-state index contributed by atoms with van der Waals surface area (Å²) in [6.07, 6.45) is 6.22. The standard InChI is InChI=1S/C17H27FN2O/c1-3-21-17-9-8-15(12-16(17)18)20-13(2)11-14-7-5-4-6-10-19-14/h8-9,12-14,19-20H,3-7,10-11H2,1-2H3. The molecule has 1 aliphatic heterocycles. The minimum Gasteiger partial charge on any atom is -0.491 e. The summed E-state index contributed by atoms with van der Waals surface area (Å²) < 4.78 is 19.0. The average Bonchev–Trinajstić information content (AvgIpc) is 2.70. The van der Waals surface area contributed by atoms with E-state index in [9.17, 15) is 4.39 Å². The first-order valence-corrected chi connectivity index (χ1v) is 8.11. The monoisotopic (exact) mass is 294 g/mol. The van der Waals surface area contributed by atoms with E-state index < -0.39 is 0 Å². The van der Waals surface area contributed by atoms with Crippen molar-refractivity contribution in [2.75, 3.05) is 18.5 Å². The lowest BCUT2D eigenvalue weighted by atomic mass is 10.0. The Morgan fingerprint density at radius 2 is 2.24 bits per heavy atom. The minimum absolute atomic E-state index is 0.304. The van der Waals surface area contributed by atoms with Crippen LogP contribution in [0.1, 0.15) is 46.0 Å². The average molecular weight is 294 g/mol. The molecule has 2 unspecified atom stereocenters. The predicted molar refractivity (Wildman–Crippen MR) is 85.5 cm³/mol. The summed E-state index contributed by atoms with van der Waals surface area (Å²) in [4.78, 5) is 0. The Bertz CT molecular complexity index is 431. The van der Waals surface area contributed by atoms with E-state index in [4.69, 9.17) is 4.74 Å². The second-order valence-corrected chi connectivity index (χ2v) is 5.86. The fraction of sp³-hybridized carbons (Fsp3) is 0.647. The number of anilines is 1. The molecule has 2 atom stereocenters. The van der Waals surface area contributed by atoms with Crippen LogP contribution in [0.2, 0.25) is 0 Å². The van der Waals surface area contributed by atoms with E-state index in [-0.39, 0.29) is 5.82 Å². The van der Waals surface area contributed by atoms with Gasteiger partial charge in [0.15, 0.2) is 11.6 Å². The molecule has 0 spiro atoms. The fourth-order valence-corrected chi connectivity index (χ4v) is 2.94. The van der Waals surface area contributed by atoms with Crippen molar-refractivity contribution in [3.8, 4) is 5.75 Å². The molecule has 0 radical (unpaired) electrons. The molecular formula is C17H27FN2O. The van der Waals surface area contributed by atoms with Crippen LogP contribution in [0.25, 0.3) is 0 Å². The molecular weight excluding hydrogens is 267 g/mol. The van der Waals surface area contributed by atoms with E-state index >= 15 is 0 Å². The molecule has 2 N–H and O–H groups in total. The number of hydrogen-bond donors (Lipinski definition) is 2.